The minimum atomic E-state index is -3.96. The summed E-state index contributed by atoms with van der Waals surface area (Å²) in [6.07, 6.45) is 0.937. The molecular formula is C30H35Cl2N3O4S. The summed E-state index contributed by atoms with van der Waals surface area (Å²) in [4.78, 5) is 29.1. The molecule has 214 valence electrons. The molecule has 2 atom stereocenters. The van der Waals surface area contributed by atoms with Crippen molar-refractivity contribution in [3.8, 4) is 0 Å². The van der Waals surface area contributed by atoms with Gasteiger partial charge in [-0.25, -0.2) is 8.42 Å². The number of hydrogen-bond acceptors (Lipinski definition) is 4. The first kappa shape index (κ1) is 31.6. The molecule has 0 heterocycles. The largest absolute Gasteiger partial charge is 0.352 e. The number of likely N-dealkylation sites (N-methyl/N-ethyl adjacent to an activating group) is 1. The fourth-order valence-electron chi connectivity index (χ4n) is 4.08. The molecule has 0 spiro atoms. The number of halogens is 2. The standard InChI is InChI=1S/C30H35Cl2N3O4S/c1-5-22(3)33-30(37)28(17-23-9-7-6-8-10-23)35(19-24-13-14-25(31)18-27(24)32)29(36)20-34(4)40(38,39)26-15-11-21(2)12-16-26/h6-16,18,22,28H,5,17,19-20H2,1-4H3,(H,33,37)/t22-,28+/m1/s1. The van der Waals surface area contributed by atoms with Gasteiger partial charge in [-0.1, -0.05) is 84.2 Å². The van der Waals surface area contributed by atoms with Crippen LogP contribution in [0.15, 0.2) is 77.7 Å². The Bertz CT molecular complexity index is 1420. The second kappa shape index (κ2) is 14.1. The Kier molecular flexibility index (Phi) is 11.2. The van der Waals surface area contributed by atoms with Crippen molar-refractivity contribution in [2.75, 3.05) is 13.6 Å². The first-order valence-corrected chi connectivity index (χ1v) is 15.2. The lowest BCUT2D eigenvalue weighted by Gasteiger charge is -2.33. The molecule has 0 fully saturated rings. The Balaban J connectivity index is 2.01. The summed E-state index contributed by atoms with van der Waals surface area (Å²) in [5, 5.41) is 3.77. The molecule has 3 rings (SSSR count). The van der Waals surface area contributed by atoms with Gasteiger partial charge in [-0.05, 0) is 55.7 Å². The molecule has 3 aromatic carbocycles. The highest BCUT2D eigenvalue weighted by Gasteiger charge is 2.33. The van der Waals surface area contributed by atoms with Gasteiger partial charge in [-0.15, -0.1) is 0 Å². The zero-order chi connectivity index (χ0) is 29.4. The highest BCUT2D eigenvalue weighted by molar-refractivity contribution is 7.89. The molecule has 0 unspecified atom stereocenters. The zero-order valence-electron chi connectivity index (χ0n) is 23.1. The van der Waals surface area contributed by atoms with Gasteiger partial charge < -0.3 is 10.2 Å². The van der Waals surface area contributed by atoms with Gasteiger partial charge in [0.25, 0.3) is 0 Å². The van der Waals surface area contributed by atoms with Gasteiger partial charge in [0.2, 0.25) is 21.8 Å². The molecule has 40 heavy (non-hydrogen) atoms. The number of carbonyl (C=O) groups excluding carboxylic acids is 2. The van der Waals surface area contributed by atoms with Crippen molar-refractivity contribution in [2.24, 2.45) is 0 Å². The van der Waals surface area contributed by atoms with Gasteiger partial charge in [0.1, 0.15) is 6.04 Å². The topological polar surface area (TPSA) is 86.8 Å². The minimum Gasteiger partial charge on any atom is -0.352 e. The van der Waals surface area contributed by atoms with E-state index in [2.05, 4.69) is 5.32 Å². The lowest BCUT2D eigenvalue weighted by molar-refractivity contribution is -0.141. The number of nitrogens with one attached hydrogen (secondary N) is 1. The lowest BCUT2D eigenvalue weighted by Crippen LogP contribution is -2.54. The Labute approximate surface area is 247 Å². The van der Waals surface area contributed by atoms with Crippen LogP contribution in [0.2, 0.25) is 10.0 Å². The number of nitrogens with zero attached hydrogens (tertiary/aromatic N) is 2. The maximum absolute atomic E-state index is 13.9. The fourth-order valence-corrected chi connectivity index (χ4v) is 5.67. The third kappa shape index (κ3) is 8.30. The number of carbonyl (C=O) groups is 2. The molecule has 10 heteroatoms. The van der Waals surface area contributed by atoms with Crippen LogP contribution in [0.25, 0.3) is 0 Å². The molecule has 3 aromatic rings. The number of sulfonamides is 1. The smallest absolute Gasteiger partial charge is 0.243 e. The third-order valence-electron chi connectivity index (χ3n) is 6.72. The number of benzene rings is 3. The average molecular weight is 605 g/mol. The Hall–Kier alpha value is -2.91. The quantitative estimate of drug-likeness (QED) is 0.297. The molecule has 7 nitrogen and oxygen atoms in total. The van der Waals surface area contributed by atoms with Crippen molar-refractivity contribution in [3.63, 3.8) is 0 Å². The van der Waals surface area contributed by atoms with E-state index < -0.39 is 28.5 Å². The van der Waals surface area contributed by atoms with Crippen LogP contribution in [-0.4, -0.2) is 55.1 Å². The van der Waals surface area contributed by atoms with E-state index in [4.69, 9.17) is 23.2 Å². The molecule has 2 amide bonds. The maximum atomic E-state index is 13.9. The van der Waals surface area contributed by atoms with Gasteiger partial charge in [-0.3, -0.25) is 9.59 Å². The molecule has 0 aliphatic heterocycles. The van der Waals surface area contributed by atoms with Crippen LogP contribution in [0.4, 0.5) is 0 Å². The van der Waals surface area contributed by atoms with Crippen molar-refractivity contribution in [1.82, 2.24) is 14.5 Å². The Morgan fingerprint density at radius 3 is 2.23 bits per heavy atom. The first-order valence-electron chi connectivity index (χ1n) is 13.0. The van der Waals surface area contributed by atoms with Crippen LogP contribution < -0.4 is 5.32 Å². The SMILES string of the molecule is CC[C@@H](C)NC(=O)[C@H](Cc1ccccc1)N(Cc1ccc(Cl)cc1Cl)C(=O)CN(C)S(=O)(=O)c1ccc(C)cc1. The summed E-state index contributed by atoms with van der Waals surface area (Å²) < 4.78 is 27.5. The third-order valence-corrected chi connectivity index (χ3v) is 9.12. The Morgan fingerprint density at radius 2 is 1.62 bits per heavy atom. The predicted octanol–water partition coefficient (Wildman–Crippen LogP) is 5.48. The van der Waals surface area contributed by atoms with E-state index in [0.717, 1.165) is 15.4 Å². The van der Waals surface area contributed by atoms with Crippen molar-refractivity contribution < 1.29 is 18.0 Å². The van der Waals surface area contributed by atoms with Crippen LogP contribution >= 0.6 is 23.2 Å². The lowest BCUT2D eigenvalue weighted by atomic mass is 10.0. The summed E-state index contributed by atoms with van der Waals surface area (Å²) in [5.74, 6) is -0.870. The first-order chi connectivity index (χ1) is 18.9. The molecule has 0 bridgehead atoms. The molecule has 0 aliphatic carbocycles. The average Bonchev–Trinajstić information content (AvgIpc) is 2.92. The summed E-state index contributed by atoms with van der Waals surface area (Å²) in [6, 6.07) is 19.7. The molecule has 0 aliphatic rings. The van der Waals surface area contributed by atoms with E-state index in [-0.39, 0.29) is 29.8 Å². The van der Waals surface area contributed by atoms with Gasteiger partial charge in [0.15, 0.2) is 0 Å². The molecule has 0 saturated carbocycles. The summed E-state index contributed by atoms with van der Waals surface area (Å²) in [5.41, 5.74) is 2.35. The number of amides is 2. The zero-order valence-corrected chi connectivity index (χ0v) is 25.4. The summed E-state index contributed by atoms with van der Waals surface area (Å²) in [6.45, 7) is 5.23. The highest BCUT2D eigenvalue weighted by atomic mass is 35.5. The molecule has 0 saturated heterocycles. The van der Waals surface area contributed by atoms with Crippen molar-refractivity contribution in [1.29, 1.82) is 0 Å². The van der Waals surface area contributed by atoms with E-state index >= 15 is 0 Å². The van der Waals surface area contributed by atoms with Crippen LogP contribution in [0.1, 0.15) is 37.0 Å². The maximum Gasteiger partial charge on any atom is 0.243 e. The van der Waals surface area contributed by atoms with E-state index in [1.165, 1.54) is 24.1 Å². The normalized spacial score (nSPS) is 13.1. The van der Waals surface area contributed by atoms with E-state index in [1.54, 1.807) is 30.3 Å². The van der Waals surface area contributed by atoms with Crippen LogP contribution in [0.3, 0.4) is 0 Å². The highest BCUT2D eigenvalue weighted by Crippen LogP contribution is 2.25. The molecule has 0 aromatic heterocycles. The number of aryl methyl sites for hydroxylation is 1. The van der Waals surface area contributed by atoms with Crippen molar-refractivity contribution in [3.05, 3.63) is 99.5 Å². The van der Waals surface area contributed by atoms with Crippen molar-refractivity contribution in [2.45, 2.75) is 57.1 Å². The van der Waals surface area contributed by atoms with Crippen molar-refractivity contribution >= 4 is 45.0 Å². The molecular weight excluding hydrogens is 569 g/mol. The minimum absolute atomic E-state index is 0.0152. The van der Waals surface area contributed by atoms with E-state index in [9.17, 15) is 18.0 Å². The molecule has 0 radical (unpaired) electrons. The van der Waals surface area contributed by atoms with Gasteiger partial charge >= 0.3 is 0 Å². The van der Waals surface area contributed by atoms with Crippen LogP contribution in [0.5, 0.6) is 0 Å². The summed E-state index contributed by atoms with van der Waals surface area (Å²) in [7, 11) is -2.60. The van der Waals surface area contributed by atoms with Gasteiger partial charge in [0, 0.05) is 36.1 Å². The monoisotopic (exact) mass is 603 g/mol. The van der Waals surface area contributed by atoms with Gasteiger partial charge in [-0.2, -0.15) is 4.31 Å². The number of hydrogen-bond donors (Lipinski definition) is 1. The van der Waals surface area contributed by atoms with Gasteiger partial charge in [0.05, 0.1) is 11.4 Å². The van der Waals surface area contributed by atoms with E-state index in [0.29, 0.717) is 22.0 Å². The Morgan fingerprint density at radius 1 is 0.975 bits per heavy atom. The summed E-state index contributed by atoms with van der Waals surface area (Å²) >= 11 is 12.6. The van der Waals surface area contributed by atoms with Crippen LogP contribution in [0, 0.1) is 6.92 Å². The van der Waals surface area contributed by atoms with E-state index in [1.807, 2.05) is 51.1 Å². The molecule has 1 N–H and O–H groups in total. The second-order valence-corrected chi connectivity index (χ2v) is 12.7. The fraction of sp³-hybridized carbons (Fsp3) is 0.333. The van der Waals surface area contributed by atoms with Crippen LogP contribution in [-0.2, 0) is 32.6 Å². The predicted molar refractivity (Wildman–Crippen MR) is 160 cm³/mol. The second-order valence-electron chi connectivity index (χ2n) is 9.85. The number of rotatable bonds is 12.